The zero-order valence-electron chi connectivity index (χ0n) is 10.7. The highest BCUT2D eigenvalue weighted by molar-refractivity contribution is 4.86. The fourth-order valence-corrected chi connectivity index (χ4v) is 1.81. The predicted octanol–water partition coefficient (Wildman–Crippen LogP) is 3.62. The zero-order valence-corrected chi connectivity index (χ0v) is 10.7. The number of hydrogen-bond acceptors (Lipinski definition) is 2. The molecule has 0 aliphatic heterocycles. The first kappa shape index (κ1) is 14.7. The normalized spacial score (nSPS) is 15.3. The summed E-state index contributed by atoms with van der Waals surface area (Å²) in [5.74, 6) is 0.945. The maximum Gasteiger partial charge on any atom is 0.146 e. The Labute approximate surface area is 94.7 Å². The molecular formula is C13H26O2. The highest BCUT2D eigenvalue weighted by Crippen LogP contribution is 2.23. The maximum atomic E-state index is 5.71. The lowest BCUT2D eigenvalue weighted by molar-refractivity contribution is -0.102. The van der Waals surface area contributed by atoms with E-state index in [1.54, 1.807) is 7.11 Å². The molecule has 0 aliphatic carbocycles. The van der Waals surface area contributed by atoms with Crippen molar-refractivity contribution in [3.05, 3.63) is 12.7 Å². The van der Waals surface area contributed by atoms with Crippen LogP contribution in [-0.4, -0.2) is 20.0 Å². The lowest BCUT2D eigenvalue weighted by atomic mass is 9.89. The first-order chi connectivity index (χ1) is 7.17. The van der Waals surface area contributed by atoms with E-state index < -0.39 is 0 Å². The van der Waals surface area contributed by atoms with Gasteiger partial charge in [0.25, 0.3) is 0 Å². The van der Waals surface area contributed by atoms with Crippen LogP contribution in [0.15, 0.2) is 12.7 Å². The van der Waals surface area contributed by atoms with E-state index in [4.69, 9.17) is 9.47 Å². The van der Waals surface area contributed by atoms with Crippen molar-refractivity contribution in [2.75, 3.05) is 13.9 Å². The summed E-state index contributed by atoms with van der Waals surface area (Å²) in [6.45, 7) is 10.9. The Kier molecular flexibility index (Phi) is 8.73. The van der Waals surface area contributed by atoms with E-state index in [1.807, 2.05) is 6.08 Å². The molecule has 0 unspecified atom stereocenters. The number of hydrogen-bond donors (Lipinski definition) is 0. The summed E-state index contributed by atoms with van der Waals surface area (Å²) in [7, 11) is 1.66. The van der Waals surface area contributed by atoms with Crippen LogP contribution in [0.3, 0.4) is 0 Å². The Balaban J connectivity index is 4.20. The topological polar surface area (TPSA) is 18.5 Å². The van der Waals surface area contributed by atoms with Crippen LogP contribution in [0, 0.1) is 11.8 Å². The number of ether oxygens (including phenoxy) is 2. The second kappa shape index (κ2) is 8.93. The smallest absolute Gasteiger partial charge is 0.146 e. The molecule has 0 bridgehead atoms. The van der Waals surface area contributed by atoms with Gasteiger partial charge in [-0.1, -0.05) is 39.7 Å². The number of rotatable bonds is 9. The zero-order chi connectivity index (χ0) is 11.7. The third-order valence-corrected chi connectivity index (χ3v) is 2.65. The van der Waals surface area contributed by atoms with E-state index in [2.05, 4.69) is 27.4 Å². The maximum absolute atomic E-state index is 5.71. The average molecular weight is 214 g/mol. The molecule has 0 aromatic carbocycles. The fraction of sp³-hybridized carbons (Fsp3) is 0.846. The molecule has 2 atom stereocenters. The monoisotopic (exact) mass is 214 g/mol. The Morgan fingerprint density at radius 2 is 2.00 bits per heavy atom. The van der Waals surface area contributed by atoms with Crippen LogP contribution in [0.5, 0.6) is 0 Å². The quantitative estimate of drug-likeness (QED) is 0.431. The molecule has 2 heteroatoms. The molecule has 0 spiro atoms. The summed E-state index contributed by atoms with van der Waals surface area (Å²) in [6.07, 6.45) is 5.87. The third kappa shape index (κ3) is 5.95. The summed E-state index contributed by atoms with van der Waals surface area (Å²) < 4.78 is 10.7. The van der Waals surface area contributed by atoms with Crippen molar-refractivity contribution in [1.29, 1.82) is 0 Å². The van der Waals surface area contributed by atoms with Crippen LogP contribution < -0.4 is 0 Å². The first-order valence-corrected chi connectivity index (χ1v) is 5.90. The van der Waals surface area contributed by atoms with Gasteiger partial charge in [0.1, 0.15) is 6.79 Å². The summed E-state index contributed by atoms with van der Waals surface area (Å²) in [6, 6.07) is 0. The average Bonchev–Trinajstić information content (AvgIpc) is 2.22. The highest BCUT2D eigenvalue weighted by atomic mass is 16.7. The minimum Gasteiger partial charge on any atom is -0.359 e. The standard InChI is InChI=1S/C13H26O2/c1-6-8-9-12(7-2)13(11(3)4)15-10-14-5/h7,11-13H,2,6,8-10H2,1,3-5H3/t12-,13-/m1/s1. The van der Waals surface area contributed by atoms with Crippen LogP contribution in [-0.2, 0) is 9.47 Å². The second-order valence-corrected chi connectivity index (χ2v) is 4.32. The molecule has 0 rings (SSSR count). The van der Waals surface area contributed by atoms with Crippen LogP contribution in [0.2, 0.25) is 0 Å². The number of methoxy groups -OCH3 is 1. The van der Waals surface area contributed by atoms with Gasteiger partial charge in [-0.3, -0.25) is 0 Å². The van der Waals surface area contributed by atoms with E-state index >= 15 is 0 Å². The van der Waals surface area contributed by atoms with Crippen LogP contribution in [0.25, 0.3) is 0 Å². The van der Waals surface area contributed by atoms with Crippen LogP contribution >= 0.6 is 0 Å². The highest BCUT2D eigenvalue weighted by Gasteiger charge is 2.22. The largest absolute Gasteiger partial charge is 0.359 e. The van der Waals surface area contributed by atoms with Crippen molar-refractivity contribution < 1.29 is 9.47 Å². The van der Waals surface area contributed by atoms with Crippen LogP contribution in [0.1, 0.15) is 40.0 Å². The summed E-state index contributed by atoms with van der Waals surface area (Å²) >= 11 is 0. The van der Waals surface area contributed by atoms with Crippen molar-refractivity contribution in [3.8, 4) is 0 Å². The molecule has 0 amide bonds. The molecule has 0 aliphatic rings. The molecule has 0 aromatic rings. The molecule has 0 aromatic heterocycles. The Morgan fingerprint density at radius 3 is 2.40 bits per heavy atom. The molecule has 0 fully saturated rings. The second-order valence-electron chi connectivity index (χ2n) is 4.32. The van der Waals surface area contributed by atoms with Gasteiger partial charge in [-0.25, -0.2) is 0 Å². The van der Waals surface area contributed by atoms with Crippen molar-refractivity contribution in [2.45, 2.75) is 46.1 Å². The van der Waals surface area contributed by atoms with Gasteiger partial charge in [-0.15, -0.1) is 6.58 Å². The molecule has 0 radical (unpaired) electrons. The molecular weight excluding hydrogens is 188 g/mol. The first-order valence-electron chi connectivity index (χ1n) is 5.90. The van der Waals surface area contributed by atoms with Gasteiger partial charge < -0.3 is 9.47 Å². The van der Waals surface area contributed by atoms with E-state index in [-0.39, 0.29) is 6.10 Å². The summed E-state index contributed by atoms with van der Waals surface area (Å²) in [4.78, 5) is 0. The van der Waals surface area contributed by atoms with Crippen molar-refractivity contribution >= 4 is 0 Å². The van der Waals surface area contributed by atoms with Crippen molar-refractivity contribution in [3.63, 3.8) is 0 Å². The lowest BCUT2D eigenvalue weighted by Crippen LogP contribution is -2.29. The van der Waals surface area contributed by atoms with Gasteiger partial charge in [-0.2, -0.15) is 0 Å². The van der Waals surface area contributed by atoms with E-state index in [0.29, 0.717) is 18.6 Å². The van der Waals surface area contributed by atoms with Gasteiger partial charge >= 0.3 is 0 Å². The molecule has 0 heterocycles. The van der Waals surface area contributed by atoms with Gasteiger partial charge in [0, 0.05) is 13.0 Å². The SMILES string of the molecule is C=C[C@H](CCCC)[C@H](OCOC)C(C)C. The minimum atomic E-state index is 0.231. The van der Waals surface area contributed by atoms with E-state index in [9.17, 15) is 0 Å². The van der Waals surface area contributed by atoms with Gasteiger partial charge in [0.15, 0.2) is 0 Å². The third-order valence-electron chi connectivity index (χ3n) is 2.65. The summed E-state index contributed by atoms with van der Waals surface area (Å²) in [5, 5.41) is 0. The van der Waals surface area contributed by atoms with E-state index in [1.165, 1.54) is 12.8 Å². The minimum absolute atomic E-state index is 0.231. The molecule has 90 valence electrons. The molecule has 0 saturated carbocycles. The lowest BCUT2D eigenvalue weighted by Gasteiger charge is -2.27. The molecule has 0 saturated heterocycles. The Hall–Kier alpha value is -0.340. The Morgan fingerprint density at radius 1 is 1.33 bits per heavy atom. The van der Waals surface area contributed by atoms with Gasteiger partial charge in [-0.05, 0) is 12.3 Å². The van der Waals surface area contributed by atoms with Gasteiger partial charge in [0.2, 0.25) is 0 Å². The molecule has 15 heavy (non-hydrogen) atoms. The fourth-order valence-electron chi connectivity index (χ4n) is 1.81. The number of unbranched alkanes of at least 4 members (excludes halogenated alkanes) is 1. The Bertz CT molecular complexity index is 155. The van der Waals surface area contributed by atoms with Gasteiger partial charge in [0.05, 0.1) is 6.10 Å². The van der Waals surface area contributed by atoms with Crippen molar-refractivity contribution in [1.82, 2.24) is 0 Å². The van der Waals surface area contributed by atoms with E-state index in [0.717, 1.165) is 6.42 Å². The van der Waals surface area contributed by atoms with Crippen molar-refractivity contribution in [2.24, 2.45) is 11.8 Å². The molecule has 0 N–H and O–H groups in total. The molecule has 2 nitrogen and oxygen atoms in total. The predicted molar refractivity (Wildman–Crippen MR) is 64.8 cm³/mol. The summed E-state index contributed by atoms with van der Waals surface area (Å²) in [5.41, 5.74) is 0. The van der Waals surface area contributed by atoms with Crippen LogP contribution in [0.4, 0.5) is 0 Å².